The van der Waals surface area contributed by atoms with Gasteiger partial charge in [0.15, 0.2) is 0 Å². The molecule has 0 radical (unpaired) electrons. The van der Waals surface area contributed by atoms with E-state index in [1.807, 2.05) is 12.3 Å². The van der Waals surface area contributed by atoms with Gasteiger partial charge in [0.25, 0.3) is 0 Å². The number of nitrogens with zero attached hydrogens (tertiary/aromatic N) is 1. The Labute approximate surface area is 126 Å². The van der Waals surface area contributed by atoms with Crippen LogP contribution in [0.4, 0.5) is 0 Å². The Bertz CT molecular complexity index is 619. The zero-order chi connectivity index (χ0) is 14.4. The number of thiophene rings is 1. The number of hydrogen-bond acceptors (Lipinski definition) is 2. The van der Waals surface area contributed by atoms with E-state index >= 15 is 0 Å². The molecule has 2 aromatic rings. The third-order valence-electron chi connectivity index (χ3n) is 3.53. The number of fused-ring (bicyclic) bond motifs is 1. The molecule has 0 aliphatic carbocycles. The SMILES string of the molecule is CC=Cc1sc2ncccc2c1C(=CC)CCCCC. The second kappa shape index (κ2) is 7.39. The molecule has 0 spiro atoms. The van der Waals surface area contributed by atoms with Crippen LogP contribution in [0, 0.1) is 0 Å². The molecule has 0 bridgehead atoms. The van der Waals surface area contributed by atoms with Crippen LogP contribution in [-0.4, -0.2) is 4.98 Å². The van der Waals surface area contributed by atoms with Crippen molar-refractivity contribution in [3.05, 3.63) is 40.9 Å². The molecule has 0 atom stereocenters. The summed E-state index contributed by atoms with van der Waals surface area (Å²) in [6.07, 6.45) is 13.5. The van der Waals surface area contributed by atoms with E-state index < -0.39 is 0 Å². The summed E-state index contributed by atoms with van der Waals surface area (Å²) in [5.74, 6) is 0. The van der Waals surface area contributed by atoms with E-state index in [4.69, 9.17) is 0 Å². The molecule has 106 valence electrons. The number of hydrogen-bond donors (Lipinski definition) is 0. The lowest BCUT2D eigenvalue weighted by molar-refractivity contribution is 0.735. The Hall–Kier alpha value is -1.41. The molecule has 2 heterocycles. The van der Waals surface area contributed by atoms with Crippen LogP contribution in [0.1, 0.15) is 56.9 Å². The minimum atomic E-state index is 1.14. The molecule has 2 rings (SSSR count). The van der Waals surface area contributed by atoms with Gasteiger partial charge in [0.2, 0.25) is 0 Å². The third-order valence-corrected chi connectivity index (χ3v) is 4.61. The monoisotopic (exact) mass is 285 g/mol. The van der Waals surface area contributed by atoms with Crippen molar-refractivity contribution < 1.29 is 0 Å². The van der Waals surface area contributed by atoms with Gasteiger partial charge in [-0.1, -0.05) is 31.9 Å². The smallest absolute Gasteiger partial charge is 0.124 e. The average molecular weight is 285 g/mol. The van der Waals surface area contributed by atoms with E-state index in [-0.39, 0.29) is 0 Å². The van der Waals surface area contributed by atoms with E-state index in [1.165, 1.54) is 40.7 Å². The van der Waals surface area contributed by atoms with Crippen LogP contribution in [0.5, 0.6) is 0 Å². The van der Waals surface area contributed by atoms with Gasteiger partial charge in [0, 0.05) is 22.0 Å². The van der Waals surface area contributed by atoms with Crippen molar-refractivity contribution in [2.45, 2.75) is 46.5 Å². The zero-order valence-corrected chi connectivity index (χ0v) is 13.5. The first-order valence-electron chi connectivity index (χ1n) is 7.47. The molecule has 0 aliphatic rings. The van der Waals surface area contributed by atoms with Crippen LogP contribution in [0.25, 0.3) is 21.9 Å². The number of rotatable bonds is 6. The molecule has 0 aliphatic heterocycles. The largest absolute Gasteiger partial charge is 0.245 e. The Morgan fingerprint density at radius 3 is 2.85 bits per heavy atom. The average Bonchev–Trinajstić information content (AvgIpc) is 2.82. The summed E-state index contributed by atoms with van der Waals surface area (Å²) in [6.45, 7) is 6.49. The van der Waals surface area contributed by atoms with Crippen LogP contribution in [0.2, 0.25) is 0 Å². The van der Waals surface area contributed by atoms with Crippen molar-refractivity contribution in [2.24, 2.45) is 0 Å². The Morgan fingerprint density at radius 1 is 1.30 bits per heavy atom. The molecule has 0 fully saturated rings. The first-order chi connectivity index (χ1) is 9.81. The van der Waals surface area contributed by atoms with Crippen LogP contribution < -0.4 is 0 Å². The van der Waals surface area contributed by atoms with Crippen molar-refractivity contribution in [2.75, 3.05) is 0 Å². The Morgan fingerprint density at radius 2 is 2.15 bits per heavy atom. The highest BCUT2D eigenvalue weighted by Gasteiger charge is 2.14. The highest BCUT2D eigenvalue weighted by Crippen LogP contribution is 2.37. The third kappa shape index (κ3) is 3.18. The fourth-order valence-electron chi connectivity index (χ4n) is 2.53. The molecule has 20 heavy (non-hydrogen) atoms. The summed E-state index contributed by atoms with van der Waals surface area (Å²) in [4.78, 5) is 7.00. The molecule has 0 N–H and O–H groups in total. The highest BCUT2D eigenvalue weighted by atomic mass is 32.1. The maximum absolute atomic E-state index is 4.52. The summed E-state index contributed by atoms with van der Waals surface area (Å²) in [6, 6.07) is 4.24. The lowest BCUT2D eigenvalue weighted by Gasteiger charge is -2.08. The quantitative estimate of drug-likeness (QED) is 0.566. The highest BCUT2D eigenvalue weighted by molar-refractivity contribution is 7.19. The fourth-order valence-corrected chi connectivity index (χ4v) is 3.68. The fraction of sp³-hybridized carbons (Fsp3) is 0.389. The van der Waals surface area contributed by atoms with E-state index in [0.717, 1.165) is 11.3 Å². The van der Waals surface area contributed by atoms with Gasteiger partial charge in [-0.25, -0.2) is 4.98 Å². The molecule has 0 saturated carbocycles. The van der Waals surface area contributed by atoms with Crippen LogP contribution >= 0.6 is 11.3 Å². The molecular formula is C18H23NS. The Balaban J connectivity index is 2.46. The van der Waals surface area contributed by atoms with Crippen molar-refractivity contribution in [3.63, 3.8) is 0 Å². The lowest BCUT2D eigenvalue weighted by atomic mass is 9.97. The van der Waals surface area contributed by atoms with Gasteiger partial charge < -0.3 is 0 Å². The molecular weight excluding hydrogens is 262 g/mol. The number of unbranched alkanes of at least 4 members (excludes halogenated alkanes) is 2. The van der Waals surface area contributed by atoms with Gasteiger partial charge in [0.05, 0.1) is 0 Å². The van der Waals surface area contributed by atoms with Gasteiger partial charge in [-0.05, 0) is 50.5 Å². The first kappa shape index (κ1) is 15.0. The van der Waals surface area contributed by atoms with Crippen molar-refractivity contribution >= 4 is 33.2 Å². The van der Waals surface area contributed by atoms with Gasteiger partial charge in [0.1, 0.15) is 4.83 Å². The molecule has 0 amide bonds. The summed E-state index contributed by atoms with van der Waals surface area (Å²) in [5, 5.41) is 1.30. The van der Waals surface area contributed by atoms with E-state index in [9.17, 15) is 0 Å². The molecule has 0 unspecified atom stereocenters. The minimum Gasteiger partial charge on any atom is -0.245 e. The summed E-state index contributed by atoms with van der Waals surface area (Å²) in [7, 11) is 0. The second-order valence-corrected chi connectivity index (χ2v) is 6.00. The normalized spacial score (nSPS) is 12.7. The molecule has 1 nitrogen and oxygen atoms in total. The summed E-state index contributed by atoms with van der Waals surface area (Å²) < 4.78 is 0. The predicted octanol–water partition coefficient (Wildman–Crippen LogP) is 6.31. The van der Waals surface area contributed by atoms with E-state index in [0.29, 0.717) is 0 Å². The van der Waals surface area contributed by atoms with Crippen LogP contribution in [-0.2, 0) is 0 Å². The Kier molecular flexibility index (Phi) is 5.54. The maximum atomic E-state index is 4.52. The number of aromatic nitrogens is 1. The van der Waals surface area contributed by atoms with E-state index in [2.05, 4.69) is 50.0 Å². The first-order valence-corrected chi connectivity index (χ1v) is 8.29. The summed E-state index contributed by atoms with van der Waals surface area (Å²) in [5.41, 5.74) is 2.86. The van der Waals surface area contributed by atoms with Crippen molar-refractivity contribution in [1.29, 1.82) is 0 Å². The van der Waals surface area contributed by atoms with Gasteiger partial charge in [-0.2, -0.15) is 0 Å². The second-order valence-electron chi connectivity index (χ2n) is 4.97. The molecule has 2 aromatic heterocycles. The van der Waals surface area contributed by atoms with E-state index in [1.54, 1.807) is 11.3 Å². The number of pyridine rings is 1. The molecule has 0 aromatic carbocycles. The topological polar surface area (TPSA) is 12.9 Å². The predicted molar refractivity (Wildman–Crippen MR) is 92.1 cm³/mol. The van der Waals surface area contributed by atoms with Gasteiger partial charge in [-0.15, -0.1) is 11.3 Å². The van der Waals surface area contributed by atoms with Crippen molar-refractivity contribution in [1.82, 2.24) is 4.98 Å². The standard InChI is InChI=1S/C18H23NS/c1-4-7-8-11-14(6-3)17-15-12-9-13-19-18(15)20-16(17)10-5-2/h5-6,9-10,12-13H,4,7-8,11H2,1-3H3. The van der Waals surface area contributed by atoms with Gasteiger partial charge >= 0.3 is 0 Å². The molecule has 0 saturated heterocycles. The maximum Gasteiger partial charge on any atom is 0.124 e. The lowest BCUT2D eigenvalue weighted by Crippen LogP contribution is -1.87. The zero-order valence-electron chi connectivity index (χ0n) is 12.6. The summed E-state index contributed by atoms with van der Waals surface area (Å²) >= 11 is 1.79. The van der Waals surface area contributed by atoms with Crippen LogP contribution in [0.3, 0.4) is 0 Å². The van der Waals surface area contributed by atoms with Crippen molar-refractivity contribution in [3.8, 4) is 0 Å². The number of allylic oxidation sites excluding steroid dienone is 3. The molecule has 2 heteroatoms. The van der Waals surface area contributed by atoms with Crippen LogP contribution in [0.15, 0.2) is 30.5 Å². The van der Waals surface area contributed by atoms with Gasteiger partial charge in [-0.3, -0.25) is 0 Å². The minimum absolute atomic E-state index is 1.14.